The lowest BCUT2D eigenvalue weighted by molar-refractivity contribution is 0.0524. The number of esters is 1. The Hall–Kier alpha value is -2.84. The van der Waals surface area contributed by atoms with Crippen LogP contribution in [0.5, 0.6) is 0 Å². The van der Waals surface area contributed by atoms with Crippen molar-refractivity contribution in [3.05, 3.63) is 33.6 Å². The fourth-order valence-corrected chi connectivity index (χ4v) is 2.84. The van der Waals surface area contributed by atoms with Crippen LogP contribution in [0.1, 0.15) is 36.2 Å². The molecule has 2 heterocycles. The molecular formula is C15H12F2N4O3. The molecule has 1 saturated carbocycles. The van der Waals surface area contributed by atoms with Gasteiger partial charge in [-0.3, -0.25) is 4.79 Å². The number of carbonyl (C=O) groups excluding carboxylic acids is 1. The van der Waals surface area contributed by atoms with Crippen LogP contribution >= 0.6 is 0 Å². The summed E-state index contributed by atoms with van der Waals surface area (Å²) in [6.07, 6.45) is 2.74. The Morgan fingerprint density at radius 2 is 2.04 bits per heavy atom. The number of nitrogens with one attached hydrogen (secondary N) is 1. The van der Waals surface area contributed by atoms with Gasteiger partial charge in [0.1, 0.15) is 11.1 Å². The van der Waals surface area contributed by atoms with Crippen molar-refractivity contribution in [2.24, 2.45) is 0 Å². The molecule has 1 aromatic carbocycles. The first-order valence-electron chi connectivity index (χ1n) is 7.48. The molecule has 124 valence electrons. The topological polar surface area (TPSA) is 89.9 Å². The summed E-state index contributed by atoms with van der Waals surface area (Å²) in [6, 6.07) is -0.0977. The monoisotopic (exact) mass is 334 g/mol. The molecular weight excluding hydrogens is 322 g/mol. The van der Waals surface area contributed by atoms with Gasteiger partial charge in [0.15, 0.2) is 17.2 Å². The lowest BCUT2D eigenvalue weighted by Crippen LogP contribution is -2.22. The van der Waals surface area contributed by atoms with Gasteiger partial charge in [0, 0.05) is 12.2 Å². The van der Waals surface area contributed by atoms with Gasteiger partial charge in [-0.15, -0.1) is 0 Å². The molecule has 0 spiro atoms. The zero-order valence-electron chi connectivity index (χ0n) is 12.6. The summed E-state index contributed by atoms with van der Waals surface area (Å²) in [5.41, 5.74) is -1.66. The van der Waals surface area contributed by atoms with Gasteiger partial charge in [0.2, 0.25) is 5.43 Å². The zero-order chi connectivity index (χ0) is 17.0. The molecule has 1 fully saturated rings. The molecule has 1 aliphatic carbocycles. The summed E-state index contributed by atoms with van der Waals surface area (Å²) in [4.78, 5) is 24.8. The maximum atomic E-state index is 14.6. The van der Waals surface area contributed by atoms with E-state index in [-0.39, 0.29) is 40.1 Å². The van der Waals surface area contributed by atoms with Crippen LogP contribution in [0, 0.1) is 11.6 Å². The van der Waals surface area contributed by atoms with Crippen LogP contribution in [-0.2, 0) is 4.74 Å². The number of H-pyrrole nitrogens is 1. The highest BCUT2D eigenvalue weighted by Gasteiger charge is 2.31. The number of carbonyl (C=O) groups is 1. The number of pyridine rings is 1. The van der Waals surface area contributed by atoms with E-state index < -0.39 is 23.0 Å². The minimum Gasteiger partial charge on any atom is -0.462 e. The van der Waals surface area contributed by atoms with Gasteiger partial charge in [-0.25, -0.2) is 13.6 Å². The van der Waals surface area contributed by atoms with Crippen LogP contribution < -0.4 is 5.43 Å². The van der Waals surface area contributed by atoms with Crippen LogP contribution in [0.3, 0.4) is 0 Å². The average molecular weight is 334 g/mol. The average Bonchev–Trinajstić information content (AvgIpc) is 3.29. The van der Waals surface area contributed by atoms with E-state index in [0.29, 0.717) is 0 Å². The predicted molar refractivity (Wildman–Crippen MR) is 79.8 cm³/mol. The number of fused-ring (bicyclic) bond motifs is 3. The fourth-order valence-electron chi connectivity index (χ4n) is 2.84. The Balaban J connectivity index is 2.20. The highest BCUT2D eigenvalue weighted by molar-refractivity contribution is 6.05. The Kier molecular flexibility index (Phi) is 3.12. The standard InChI is InChI=1S/C15H12F2N4O3/c1-2-24-15(23)7-5-21(6-3-4-6)13-8(14(7)22)11-12(19-20-18-11)9(16)10(13)17/h5-6H,2-4H2,1H3,(H,18,19,20). The van der Waals surface area contributed by atoms with Crippen molar-refractivity contribution < 1.29 is 18.3 Å². The third-order valence-electron chi connectivity index (χ3n) is 4.06. The lowest BCUT2D eigenvalue weighted by atomic mass is 10.1. The molecule has 1 N–H and O–H groups in total. The summed E-state index contributed by atoms with van der Waals surface area (Å²) in [5, 5.41) is 9.35. The van der Waals surface area contributed by atoms with Crippen molar-refractivity contribution in [3.8, 4) is 0 Å². The van der Waals surface area contributed by atoms with Gasteiger partial charge in [-0.2, -0.15) is 15.4 Å². The number of hydrogen-bond acceptors (Lipinski definition) is 5. The lowest BCUT2D eigenvalue weighted by Gasteiger charge is -2.13. The Labute approximate surface area is 133 Å². The first-order chi connectivity index (χ1) is 11.5. The number of aromatic amines is 1. The third-order valence-corrected chi connectivity index (χ3v) is 4.06. The molecule has 0 atom stereocenters. The van der Waals surface area contributed by atoms with Crippen LogP contribution in [-0.4, -0.2) is 32.6 Å². The van der Waals surface area contributed by atoms with Gasteiger partial charge in [-0.05, 0) is 19.8 Å². The SMILES string of the molecule is CCOC(=O)c1cn(C2CC2)c2c(F)c(F)c3n[nH]nc3c2c1=O. The predicted octanol–water partition coefficient (Wildman–Crippen LogP) is 2.06. The van der Waals surface area contributed by atoms with Crippen LogP contribution in [0.4, 0.5) is 8.78 Å². The molecule has 0 radical (unpaired) electrons. The smallest absolute Gasteiger partial charge is 0.343 e. The quantitative estimate of drug-likeness (QED) is 0.741. The summed E-state index contributed by atoms with van der Waals surface area (Å²) in [5.74, 6) is -3.16. The van der Waals surface area contributed by atoms with E-state index in [9.17, 15) is 18.4 Å². The first kappa shape index (κ1) is 14.7. The summed E-state index contributed by atoms with van der Waals surface area (Å²) in [7, 11) is 0. The maximum Gasteiger partial charge on any atom is 0.343 e. The number of halogens is 2. The molecule has 9 heteroatoms. The molecule has 0 amide bonds. The molecule has 0 saturated heterocycles. The second-order valence-corrected chi connectivity index (χ2v) is 5.60. The highest BCUT2D eigenvalue weighted by atomic mass is 19.2. The first-order valence-corrected chi connectivity index (χ1v) is 7.48. The summed E-state index contributed by atoms with van der Waals surface area (Å²) < 4.78 is 35.1. The fraction of sp³-hybridized carbons (Fsp3) is 0.333. The molecule has 3 aromatic rings. The largest absolute Gasteiger partial charge is 0.462 e. The second-order valence-electron chi connectivity index (χ2n) is 5.60. The van der Waals surface area contributed by atoms with Crippen molar-refractivity contribution in [2.75, 3.05) is 6.61 Å². The third kappa shape index (κ3) is 1.93. The van der Waals surface area contributed by atoms with Crippen molar-refractivity contribution >= 4 is 27.9 Å². The van der Waals surface area contributed by atoms with E-state index in [1.54, 1.807) is 6.92 Å². The zero-order valence-corrected chi connectivity index (χ0v) is 12.6. The summed E-state index contributed by atoms with van der Waals surface area (Å²) >= 11 is 0. The minimum absolute atomic E-state index is 0.0941. The molecule has 0 bridgehead atoms. The van der Waals surface area contributed by atoms with Crippen molar-refractivity contribution in [1.82, 2.24) is 20.0 Å². The Bertz CT molecular complexity index is 1050. The molecule has 1 aliphatic rings. The Morgan fingerprint density at radius 1 is 1.33 bits per heavy atom. The van der Waals surface area contributed by atoms with Crippen LogP contribution in [0.25, 0.3) is 21.9 Å². The molecule has 4 rings (SSSR count). The van der Waals surface area contributed by atoms with Crippen LogP contribution in [0.15, 0.2) is 11.0 Å². The molecule has 7 nitrogen and oxygen atoms in total. The van der Waals surface area contributed by atoms with Crippen molar-refractivity contribution in [1.29, 1.82) is 0 Å². The van der Waals surface area contributed by atoms with Gasteiger partial charge >= 0.3 is 5.97 Å². The second kappa shape index (κ2) is 5.08. The van der Waals surface area contributed by atoms with E-state index in [1.807, 2.05) is 0 Å². The Morgan fingerprint density at radius 3 is 2.71 bits per heavy atom. The van der Waals surface area contributed by atoms with Crippen molar-refractivity contribution in [3.63, 3.8) is 0 Å². The molecule has 24 heavy (non-hydrogen) atoms. The van der Waals surface area contributed by atoms with Gasteiger partial charge in [-0.1, -0.05) is 0 Å². The number of hydrogen-bond donors (Lipinski definition) is 1. The van der Waals surface area contributed by atoms with Gasteiger partial charge < -0.3 is 9.30 Å². The van der Waals surface area contributed by atoms with E-state index >= 15 is 0 Å². The number of nitrogens with zero attached hydrogens (tertiary/aromatic N) is 3. The normalized spacial score (nSPS) is 14.5. The van der Waals surface area contributed by atoms with Gasteiger partial charge in [0.05, 0.1) is 17.5 Å². The highest BCUT2D eigenvalue weighted by Crippen LogP contribution is 2.39. The molecule has 0 unspecified atom stereocenters. The van der Waals surface area contributed by atoms with Crippen LogP contribution in [0.2, 0.25) is 0 Å². The van der Waals surface area contributed by atoms with Gasteiger partial charge in [0.25, 0.3) is 0 Å². The van der Waals surface area contributed by atoms with E-state index in [0.717, 1.165) is 12.8 Å². The van der Waals surface area contributed by atoms with E-state index in [1.165, 1.54) is 10.8 Å². The van der Waals surface area contributed by atoms with E-state index in [2.05, 4.69) is 15.4 Å². The number of aromatic nitrogens is 4. The molecule has 2 aromatic heterocycles. The number of ether oxygens (including phenoxy) is 1. The number of rotatable bonds is 3. The number of benzene rings is 1. The van der Waals surface area contributed by atoms with E-state index in [4.69, 9.17) is 4.74 Å². The molecule has 0 aliphatic heterocycles. The van der Waals surface area contributed by atoms with Crippen molar-refractivity contribution in [2.45, 2.75) is 25.8 Å². The maximum absolute atomic E-state index is 14.6. The minimum atomic E-state index is -1.18. The summed E-state index contributed by atoms with van der Waals surface area (Å²) in [6.45, 7) is 1.71.